The molecule has 0 radical (unpaired) electrons. The van der Waals surface area contributed by atoms with Gasteiger partial charge < -0.3 is 29.4 Å². The van der Waals surface area contributed by atoms with Crippen LogP contribution in [0.3, 0.4) is 0 Å². The highest BCUT2D eigenvalue weighted by atomic mass is 16.7. The van der Waals surface area contributed by atoms with Gasteiger partial charge in [-0.1, -0.05) is 6.07 Å². The van der Waals surface area contributed by atoms with Gasteiger partial charge in [-0.2, -0.15) is 0 Å². The lowest BCUT2D eigenvalue weighted by Crippen LogP contribution is -2.34. The smallest absolute Gasteiger partial charge is 0.340 e. The predicted octanol–water partition coefficient (Wildman–Crippen LogP) is 2.54. The fourth-order valence-corrected chi connectivity index (χ4v) is 4.59. The highest BCUT2D eigenvalue weighted by molar-refractivity contribution is 6.03. The summed E-state index contributed by atoms with van der Waals surface area (Å²) in [6.45, 7) is 0.909. The van der Waals surface area contributed by atoms with Crippen molar-refractivity contribution in [1.82, 2.24) is 5.32 Å². The van der Waals surface area contributed by atoms with Gasteiger partial charge in [-0.3, -0.25) is 0 Å². The van der Waals surface area contributed by atoms with Crippen molar-refractivity contribution in [3.63, 3.8) is 0 Å². The minimum absolute atomic E-state index is 0.0784. The molecule has 0 amide bonds. The van der Waals surface area contributed by atoms with E-state index < -0.39 is 5.97 Å². The predicted molar refractivity (Wildman–Crippen MR) is 96.2 cm³/mol. The van der Waals surface area contributed by atoms with Crippen LogP contribution in [0.5, 0.6) is 23.0 Å². The molecule has 0 saturated carbocycles. The monoisotopic (exact) mass is 369 g/mol. The number of rotatable bonds is 3. The Morgan fingerprint density at radius 3 is 2.74 bits per heavy atom. The summed E-state index contributed by atoms with van der Waals surface area (Å²) in [4.78, 5) is 12.1. The maximum absolute atomic E-state index is 12.1. The summed E-state index contributed by atoms with van der Waals surface area (Å²) in [5.41, 5.74) is 4.66. The van der Waals surface area contributed by atoms with Gasteiger partial charge in [-0.05, 0) is 36.6 Å². The zero-order valence-electron chi connectivity index (χ0n) is 15.0. The van der Waals surface area contributed by atoms with Crippen molar-refractivity contribution in [1.29, 1.82) is 0 Å². The van der Waals surface area contributed by atoms with Gasteiger partial charge in [0.25, 0.3) is 0 Å². The molecule has 1 aliphatic carbocycles. The zero-order chi connectivity index (χ0) is 18.7. The first-order chi connectivity index (χ1) is 13.2. The van der Waals surface area contributed by atoms with Crippen molar-refractivity contribution in [2.45, 2.75) is 18.9 Å². The number of aromatic carboxylic acids is 1. The first-order valence-electron chi connectivity index (χ1n) is 8.85. The molecule has 7 heteroatoms. The van der Waals surface area contributed by atoms with Crippen LogP contribution in [0.15, 0.2) is 12.1 Å². The van der Waals surface area contributed by atoms with E-state index in [2.05, 4.69) is 5.32 Å². The summed E-state index contributed by atoms with van der Waals surface area (Å²) in [7, 11) is 3.11. The minimum atomic E-state index is -1.02. The Kier molecular flexibility index (Phi) is 3.48. The molecule has 2 aromatic carbocycles. The van der Waals surface area contributed by atoms with Crippen LogP contribution in [0, 0.1) is 0 Å². The molecule has 3 aliphatic rings. The van der Waals surface area contributed by atoms with Gasteiger partial charge in [-0.25, -0.2) is 4.79 Å². The third kappa shape index (κ3) is 2.09. The number of hydrogen-bond acceptors (Lipinski definition) is 6. The highest BCUT2D eigenvalue weighted by Crippen LogP contribution is 2.58. The van der Waals surface area contributed by atoms with E-state index in [0.717, 1.165) is 35.2 Å². The molecule has 2 aliphatic heterocycles. The molecule has 2 N–H and O–H groups in total. The number of carboxylic acids is 1. The number of fused-ring (bicyclic) bond motifs is 4. The lowest BCUT2D eigenvalue weighted by atomic mass is 9.75. The van der Waals surface area contributed by atoms with Gasteiger partial charge in [0.05, 0.1) is 14.2 Å². The van der Waals surface area contributed by atoms with Crippen LogP contribution in [0.4, 0.5) is 0 Å². The molecular formula is C20H19NO6. The van der Waals surface area contributed by atoms with Crippen LogP contribution >= 0.6 is 0 Å². The maximum Gasteiger partial charge on any atom is 0.340 e. The molecule has 0 spiro atoms. The molecular weight excluding hydrogens is 350 g/mol. The third-order valence-corrected chi connectivity index (χ3v) is 5.59. The minimum Gasteiger partial charge on any atom is -0.496 e. The molecule has 2 heterocycles. The second kappa shape index (κ2) is 5.79. The molecule has 0 bridgehead atoms. The molecule has 1 atom stereocenters. The molecule has 0 saturated heterocycles. The first-order valence-corrected chi connectivity index (χ1v) is 8.85. The van der Waals surface area contributed by atoms with Gasteiger partial charge in [0, 0.05) is 22.7 Å². The molecule has 2 aromatic rings. The second-order valence-corrected chi connectivity index (χ2v) is 6.81. The van der Waals surface area contributed by atoms with Gasteiger partial charge in [0.2, 0.25) is 12.5 Å². The number of methoxy groups -OCH3 is 2. The Morgan fingerprint density at radius 1 is 1.19 bits per heavy atom. The molecule has 0 fully saturated rings. The van der Waals surface area contributed by atoms with Crippen molar-refractivity contribution in [2.24, 2.45) is 0 Å². The van der Waals surface area contributed by atoms with Gasteiger partial charge in [0.1, 0.15) is 11.3 Å². The summed E-state index contributed by atoms with van der Waals surface area (Å²) < 4.78 is 22.5. The summed E-state index contributed by atoms with van der Waals surface area (Å²) in [5, 5.41) is 13.5. The van der Waals surface area contributed by atoms with Crippen molar-refractivity contribution >= 4 is 5.97 Å². The van der Waals surface area contributed by atoms with Gasteiger partial charge in [0.15, 0.2) is 11.5 Å². The quantitative estimate of drug-likeness (QED) is 0.860. The van der Waals surface area contributed by atoms with Crippen molar-refractivity contribution in [3.05, 3.63) is 34.4 Å². The van der Waals surface area contributed by atoms with Crippen LogP contribution < -0.4 is 24.3 Å². The van der Waals surface area contributed by atoms with E-state index in [1.807, 2.05) is 6.07 Å². The SMILES string of the molecule is COc1ccc2c(c1C(=O)O)-c1c3c(c(OC)c4c1[C@H](C2)NCC4)OCO3. The average Bonchev–Trinajstić information content (AvgIpc) is 3.16. The number of carbonyl (C=O) groups is 1. The number of hydrogen-bond donors (Lipinski definition) is 2. The summed E-state index contributed by atoms with van der Waals surface area (Å²) >= 11 is 0. The number of nitrogens with one attached hydrogen (secondary N) is 1. The summed E-state index contributed by atoms with van der Waals surface area (Å²) in [6.07, 6.45) is 1.47. The maximum atomic E-state index is 12.1. The van der Waals surface area contributed by atoms with E-state index in [1.165, 1.54) is 7.11 Å². The zero-order valence-corrected chi connectivity index (χ0v) is 15.0. The van der Waals surface area contributed by atoms with E-state index in [9.17, 15) is 9.90 Å². The Labute approximate surface area is 155 Å². The molecule has 140 valence electrons. The third-order valence-electron chi connectivity index (χ3n) is 5.59. The fourth-order valence-electron chi connectivity index (χ4n) is 4.59. The molecule has 0 unspecified atom stereocenters. The number of ether oxygens (including phenoxy) is 4. The van der Waals surface area contributed by atoms with E-state index in [4.69, 9.17) is 18.9 Å². The lowest BCUT2D eigenvalue weighted by molar-refractivity contribution is 0.0694. The van der Waals surface area contributed by atoms with E-state index >= 15 is 0 Å². The van der Waals surface area contributed by atoms with Crippen LogP contribution in [0.1, 0.15) is 33.1 Å². The van der Waals surface area contributed by atoms with Crippen LogP contribution in [-0.4, -0.2) is 38.6 Å². The van der Waals surface area contributed by atoms with E-state index in [0.29, 0.717) is 35.0 Å². The van der Waals surface area contributed by atoms with Crippen LogP contribution in [0.25, 0.3) is 11.1 Å². The van der Waals surface area contributed by atoms with Crippen LogP contribution in [0.2, 0.25) is 0 Å². The standard InChI is InChI=1S/C20H19NO6/c1-24-12-4-3-9-7-11-14-10(5-6-21-11)17(25-2)19-18(26-8-27-19)16(14)13(9)15(12)20(22)23/h3-4,11,21H,5-8H2,1-2H3,(H,22,23)/t11-/m0/s1. The Balaban J connectivity index is 1.93. The van der Waals surface area contributed by atoms with Gasteiger partial charge in [-0.15, -0.1) is 0 Å². The molecule has 5 rings (SSSR count). The number of carboxylic acid groups (broad SMARTS) is 1. The van der Waals surface area contributed by atoms with Gasteiger partial charge >= 0.3 is 5.97 Å². The number of benzene rings is 2. The molecule has 27 heavy (non-hydrogen) atoms. The summed E-state index contributed by atoms with van der Waals surface area (Å²) in [6, 6.07) is 3.74. The normalized spacial score (nSPS) is 18.5. The molecule has 7 nitrogen and oxygen atoms in total. The highest BCUT2D eigenvalue weighted by Gasteiger charge is 2.41. The lowest BCUT2D eigenvalue weighted by Gasteiger charge is -2.36. The Bertz CT molecular complexity index is 983. The average molecular weight is 369 g/mol. The summed E-state index contributed by atoms with van der Waals surface area (Å²) in [5.74, 6) is 1.11. The van der Waals surface area contributed by atoms with Crippen molar-refractivity contribution in [3.8, 4) is 34.1 Å². The van der Waals surface area contributed by atoms with Crippen molar-refractivity contribution in [2.75, 3.05) is 27.6 Å². The first kappa shape index (κ1) is 16.3. The largest absolute Gasteiger partial charge is 0.496 e. The van der Waals surface area contributed by atoms with E-state index in [1.54, 1.807) is 13.2 Å². The Morgan fingerprint density at radius 2 is 2.00 bits per heavy atom. The molecule has 0 aromatic heterocycles. The van der Waals surface area contributed by atoms with Crippen molar-refractivity contribution < 1.29 is 28.8 Å². The van der Waals surface area contributed by atoms with Crippen LogP contribution in [-0.2, 0) is 12.8 Å². The topological polar surface area (TPSA) is 86.3 Å². The Hall–Kier alpha value is -2.93. The second-order valence-electron chi connectivity index (χ2n) is 6.81. The van der Waals surface area contributed by atoms with E-state index in [-0.39, 0.29) is 18.4 Å². The fraction of sp³-hybridized carbons (Fsp3) is 0.350.